The monoisotopic (exact) mass is 254 g/mol. The average Bonchev–Trinajstić information content (AvgIpc) is 1.35. The van der Waals surface area contributed by atoms with Crippen molar-refractivity contribution in [2.45, 2.75) is 20.5 Å². The van der Waals surface area contributed by atoms with Crippen molar-refractivity contribution >= 4 is 36.3 Å². The van der Waals surface area contributed by atoms with E-state index in [-0.39, 0.29) is 0 Å². The Morgan fingerprint density at radius 3 is 1.50 bits per heavy atom. The molecule has 0 atom stereocenters. The molecular weight excluding hydrogens is 242 g/mol. The van der Waals surface area contributed by atoms with Crippen LogP contribution in [0.4, 0.5) is 0 Å². The van der Waals surface area contributed by atoms with Gasteiger partial charge >= 0.3 is 56.8 Å². The SMILES string of the molecule is [CH3][Ge]([CH3])([CH3])[CH2][Sb]. The van der Waals surface area contributed by atoms with Crippen LogP contribution in [0.1, 0.15) is 0 Å². The van der Waals surface area contributed by atoms with Gasteiger partial charge in [0.25, 0.3) is 0 Å². The molecule has 0 rings (SSSR count). The third-order valence-electron chi connectivity index (χ3n) is 0.474. The van der Waals surface area contributed by atoms with Crippen LogP contribution in [0, 0.1) is 0 Å². The molecule has 2 heteroatoms. The van der Waals surface area contributed by atoms with Crippen LogP contribution in [-0.4, -0.2) is 36.3 Å². The van der Waals surface area contributed by atoms with Crippen molar-refractivity contribution in [3.05, 3.63) is 0 Å². The summed E-state index contributed by atoms with van der Waals surface area (Å²) in [7, 11) is 0. The van der Waals surface area contributed by atoms with Crippen molar-refractivity contribution in [2.75, 3.05) is 0 Å². The topological polar surface area (TPSA) is 0 Å². The summed E-state index contributed by atoms with van der Waals surface area (Å²) in [6.45, 7) is 0. The molecule has 0 heterocycles. The van der Waals surface area contributed by atoms with Crippen LogP contribution < -0.4 is 0 Å². The Morgan fingerprint density at radius 2 is 1.50 bits per heavy atom. The van der Waals surface area contributed by atoms with Gasteiger partial charge in [-0.15, -0.1) is 0 Å². The van der Waals surface area contributed by atoms with Crippen LogP contribution in [0.15, 0.2) is 0 Å². The first kappa shape index (κ1) is 7.36. The van der Waals surface area contributed by atoms with Gasteiger partial charge in [0, 0.05) is 0 Å². The Balaban J connectivity index is 3.17. The molecule has 0 aliphatic carbocycles. The Bertz CT molecular complexity index is 37.3. The van der Waals surface area contributed by atoms with E-state index < -0.39 is 13.3 Å². The molecule has 36 valence electrons. The molecule has 0 aromatic heterocycles. The van der Waals surface area contributed by atoms with E-state index in [0.29, 0.717) is 0 Å². The van der Waals surface area contributed by atoms with Crippen LogP contribution in [0.2, 0.25) is 20.5 Å². The molecule has 0 aromatic rings. The quantitative estimate of drug-likeness (QED) is 0.621. The molecule has 0 fully saturated rings. The molecule has 2 radical (unpaired) electrons. The summed E-state index contributed by atoms with van der Waals surface area (Å²) in [5.74, 6) is 7.33. The molecule has 0 aliphatic rings. The zero-order chi connectivity index (χ0) is 5.21. The van der Waals surface area contributed by atoms with Gasteiger partial charge < -0.3 is 0 Å². The molecule has 0 bridgehead atoms. The van der Waals surface area contributed by atoms with Crippen LogP contribution in [0.5, 0.6) is 0 Å². The minimum atomic E-state index is -1.02. The number of hydrogen-bond acceptors (Lipinski definition) is 0. The summed E-state index contributed by atoms with van der Waals surface area (Å²) < 4.78 is 1.51. The Kier molecular flexibility index (Phi) is 3.21. The minimum absolute atomic E-state index is 1.02. The van der Waals surface area contributed by atoms with Gasteiger partial charge in [-0.05, 0) is 0 Å². The second kappa shape index (κ2) is 2.62. The Morgan fingerprint density at radius 1 is 1.33 bits per heavy atom. The molecule has 0 unspecified atom stereocenters. The molecule has 0 N–H and O–H groups in total. The first-order chi connectivity index (χ1) is 2.56. The third kappa shape index (κ3) is 5.36. The van der Waals surface area contributed by atoms with E-state index >= 15 is 0 Å². The Labute approximate surface area is 56.5 Å². The van der Waals surface area contributed by atoms with Crippen molar-refractivity contribution in [2.24, 2.45) is 0 Å². The van der Waals surface area contributed by atoms with Crippen molar-refractivity contribution in [1.29, 1.82) is 0 Å². The molecule has 0 amide bonds. The normalized spacial score (nSPS) is 12.0. The molecule has 0 aromatic carbocycles. The summed E-state index contributed by atoms with van der Waals surface area (Å²) in [6.07, 6.45) is 0. The van der Waals surface area contributed by atoms with Crippen molar-refractivity contribution in [3.63, 3.8) is 0 Å². The maximum absolute atomic E-state index is 2.44. The predicted molar refractivity (Wildman–Crippen MR) is 33.9 cm³/mol. The summed E-state index contributed by atoms with van der Waals surface area (Å²) in [6, 6.07) is 0. The zero-order valence-corrected chi connectivity index (χ0v) is 9.31. The van der Waals surface area contributed by atoms with Gasteiger partial charge in [-0.3, -0.25) is 0 Å². The van der Waals surface area contributed by atoms with Crippen LogP contribution >= 0.6 is 0 Å². The van der Waals surface area contributed by atoms with Gasteiger partial charge in [0.15, 0.2) is 0 Å². The van der Waals surface area contributed by atoms with Gasteiger partial charge in [0.1, 0.15) is 0 Å². The fourth-order valence-corrected chi connectivity index (χ4v) is 0. The van der Waals surface area contributed by atoms with E-state index in [0.717, 1.165) is 0 Å². The zero-order valence-electron chi connectivity index (χ0n) is 4.65. The molecule has 0 spiro atoms. The average molecular weight is 254 g/mol. The molecule has 0 nitrogen and oxygen atoms in total. The van der Waals surface area contributed by atoms with Crippen molar-refractivity contribution in [3.8, 4) is 0 Å². The fourth-order valence-electron chi connectivity index (χ4n) is 0. The van der Waals surface area contributed by atoms with Gasteiger partial charge in [-0.2, -0.15) is 0 Å². The summed E-state index contributed by atoms with van der Waals surface area (Å²) in [5.41, 5.74) is 0. The number of hydrogen-bond donors (Lipinski definition) is 0. The first-order valence-corrected chi connectivity index (χ1v) is 11.8. The van der Waals surface area contributed by atoms with Gasteiger partial charge in [0.05, 0.1) is 0 Å². The van der Waals surface area contributed by atoms with Gasteiger partial charge in [-0.1, -0.05) is 0 Å². The second-order valence-corrected chi connectivity index (χ2v) is 18.8. The predicted octanol–water partition coefficient (Wildman–Crippen LogP) is 1.45. The Hall–Kier alpha value is 1.36. The van der Waals surface area contributed by atoms with Crippen molar-refractivity contribution < 1.29 is 0 Å². The van der Waals surface area contributed by atoms with Crippen LogP contribution in [0.25, 0.3) is 0 Å². The summed E-state index contributed by atoms with van der Waals surface area (Å²) >= 11 is 0.963. The van der Waals surface area contributed by atoms with E-state index in [9.17, 15) is 0 Å². The maximum atomic E-state index is 2.44. The standard InChI is InChI=1S/C4H11Ge.Sb/c1-5(2,3)4;/h1H2,2-4H3;. The van der Waals surface area contributed by atoms with Gasteiger partial charge in [0.2, 0.25) is 0 Å². The molecule has 0 saturated carbocycles. The van der Waals surface area contributed by atoms with Gasteiger partial charge in [-0.25, -0.2) is 0 Å². The van der Waals surface area contributed by atoms with E-state index in [1.807, 2.05) is 23.0 Å². The molecule has 6 heavy (non-hydrogen) atoms. The van der Waals surface area contributed by atoms with E-state index in [4.69, 9.17) is 0 Å². The third-order valence-corrected chi connectivity index (χ3v) is 16.5. The summed E-state index contributed by atoms with van der Waals surface area (Å²) in [5, 5.41) is 0. The van der Waals surface area contributed by atoms with E-state index in [1.165, 1.54) is 3.20 Å². The summed E-state index contributed by atoms with van der Waals surface area (Å²) in [4.78, 5) is 0. The van der Waals surface area contributed by atoms with E-state index in [1.54, 1.807) is 0 Å². The van der Waals surface area contributed by atoms with E-state index in [2.05, 4.69) is 17.3 Å². The molecule has 0 saturated heterocycles. The fraction of sp³-hybridized carbons (Fsp3) is 1.00. The molecule has 0 aliphatic heterocycles. The van der Waals surface area contributed by atoms with Crippen LogP contribution in [-0.2, 0) is 0 Å². The number of rotatable bonds is 1. The van der Waals surface area contributed by atoms with Crippen molar-refractivity contribution in [1.82, 2.24) is 0 Å². The van der Waals surface area contributed by atoms with Crippen LogP contribution in [0.3, 0.4) is 0 Å². The second-order valence-electron chi connectivity index (χ2n) is 2.72. The first-order valence-electron chi connectivity index (χ1n) is 2.17. The molecular formula is C4H11GeSb.